The molecule has 0 aliphatic carbocycles. The average molecular weight is 382 g/mol. The lowest BCUT2D eigenvalue weighted by Crippen LogP contribution is -2.28. The zero-order valence-electron chi connectivity index (χ0n) is 15.0. The molecule has 0 unspecified atom stereocenters. The zero-order chi connectivity index (χ0) is 20.4. The van der Waals surface area contributed by atoms with Gasteiger partial charge in [-0.15, -0.1) is 0 Å². The quantitative estimate of drug-likeness (QED) is 0.339. The van der Waals surface area contributed by atoms with Gasteiger partial charge in [-0.1, -0.05) is 12.1 Å². The van der Waals surface area contributed by atoms with E-state index in [0.717, 1.165) is 29.6 Å². The number of ether oxygens (including phenoxy) is 1. The molecule has 142 valence electrons. The minimum Gasteiger partial charge on any atom is -0.478 e. The molecule has 0 fully saturated rings. The zero-order valence-corrected chi connectivity index (χ0v) is 15.0. The van der Waals surface area contributed by atoms with Gasteiger partial charge < -0.3 is 14.5 Å². The first-order chi connectivity index (χ1) is 13.3. The van der Waals surface area contributed by atoms with Gasteiger partial charge in [-0.3, -0.25) is 14.9 Å². The maximum atomic E-state index is 13.4. The van der Waals surface area contributed by atoms with Gasteiger partial charge in [0.05, 0.1) is 16.3 Å². The van der Waals surface area contributed by atoms with Crippen molar-refractivity contribution in [3.8, 4) is 11.8 Å². The molecular weight excluding hydrogens is 367 g/mol. The Morgan fingerprint density at radius 1 is 1.21 bits per heavy atom. The average Bonchev–Trinajstić information content (AvgIpc) is 2.92. The van der Waals surface area contributed by atoms with Gasteiger partial charge in [0.2, 0.25) is 5.78 Å². The second kappa shape index (κ2) is 7.36. The summed E-state index contributed by atoms with van der Waals surface area (Å²) in [4.78, 5) is 26.3. The van der Waals surface area contributed by atoms with Crippen molar-refractivity contribution < 1.29 is 18.8 Å². The molecule has 0 atom stereocenters. The topological polar surface area (TPSA) is 99.7 Å². The van der Waals surface area contributed by atoms with Gasteiger partial charge in [-0.25, -0.2) is 4.39 Å². The number of nitrogens with zero attached hydrogens (tertiary/aromatic N) is 4. The van der Waals surface area contributed by atoms with Crippen LogP contribution in [0.3, 0.4) is 0 Å². The van der Waals surface area contributed by atoms with E-state index in [9.17, 15) is 24.6 Å². The number of nitro benzene ring substituents is 1. The van der Waals surface area contributed by atoms with Crippen LogP contribution < -0.4 is 14.5 Å². The first-order valence-electron chi connectivity index (χ1n) is 8.16. The highest BCUT2D eigenvalue weighted by Crippen LogP contribution is 2.40. The van der Waals surface area contributed by atoms with Gasteiger partial charge >= 0.3 is 5.69 Å². The molecule has 2 aromatic rings. The van der Waals surface area contributed by atoms with Crippen LogP contribution in [-0.2, 0) is 4.79 Å². The Hall–Kier alpha value is -3.93. The van der Waals surface area contributed by atoms with Crippen LogP contribution in [0.4, 0.5) is 21.5 Å². The molecule has 0 saturated carbocycles. The minimum absolute atomic E-state index is 0.166. The molecule has 0 N–H and O–H groups in total. The van der Waals surface area contributed by atoms with Gasteiger partial charge in [0.1, 0.15) is 23.3 Å². The number of nitro groups is 1. The van der Waals surface area contributed by atoms with Gasteiger partial charge in [0.25, 0.3) is 0 Å². The summed E-state index contributed by atoms with van der Waals surface area (Å²) in [5.74, 6) is -1.43. The number of benzene rings is 2. The molecule has 8 nitrogen and oxygen atoms in total. The molecule has 3 rings (SSSR count). The van der Waals surface area contributed by atoms with Crippen LogP contribution >= 0.6 is 0 Å². The van der Waals surface area contributed by atoms with Crippen LogP contribution in [0.5, 0.6) is 5.75 Å². The number of anilines is 2. The van der Waals surface area contributed by atoms with Crippen LogP contribution in [0.1, 0.15) is 0 Å². The lowest BCUT2D eigenvalue weighted by Gasteiger charge is -2.20. The third-order valence-corrected chi connectivity index (χ3v) is 4.33. The van der Waals surface area contributed by atoms with Crippen molar-refractivity contribution in [2.24, 2.45) is 0 Å². The number of ketones is 1. The van der Waals surface area contributed by atoms with Gasteiger partial charge in [-0.05, 0) is 18.2 Å². The number of rotatable bonds is 5. The predicted molar refractivity (Wildman–Crippen MR) is 99.4 cm³/mol. The highest BCUT2D eigenvalue weighted by atomic mass is 19.1. The molecule has 0 amide bonds. The largest absolute Gasteiger partial charge is 0.478 e. The third kappa shape index (κ3) is 3.23. The number of fused-ring (bicyclic) bond motifs is 1. The summed E-state index contributed by atoms with van der Waals surface area (Å²) in [6, 6.07) is 12.0. The number of Topliss-reactive ketones (excluding diaryl/α,β-unsaturated/α-hetero) is 1. The van der Waals surface area contributed by atoms with Gasteiger partial charge in [0.15, 0.2) is 12.4 Å². The molecule has 0 radical (unpaired) electrons. The predicted octanol–water partition coefficient (Wildman–Crippen LogP) is 3.00. The second-order valence-electron chi connectivity index (χ2n) is 6.00. The maximum absolute atomic E-state index is 13.4. The van der Waals surface area contributed by atoms with Crippen LogP contribution in [-0.4, -0.2) is 31.4 Å². The molecule has 1 aliphatic rings. The number of nitriles is 1. The molecule has 0 bridgehead atoms. The molecule has 1 aliphatic heterocycles. The van der Waals surface area contributed by atoms with Crippen molar-refractivity contribution in [1.82, 2.24) is 0 Å². The van der Waals surface area contributed by atoms with Crippen molar-refractivity contribution in [3.63, 3.8) is 0 Å². The Morgan fingerprint density at radius 2 is 1.82 bits per heavy atom. The van der Waals surface area contributed by atoms with Gasteiger partial charge in [0, 0.05) is 26.2 Å². The number of halogens is 1. The van der Waals surface area contributed by atoms with E-state index in [4.69, 9.17) is 4.74 Å². The van der Waals surface area contributed by atoms with Crippen molar-refractivity contribution in [1.29, 1.82) is 5.26 Å². The van der Waals surface area contributed by atoms with Crippen LogP contribution in [0.2, 0.25) is 0 Å². The highest BCUT2D eigenvalue weighted by molar-refractivity contribution is 6.03. The Kier molecular flexibility index (Phi) is 4.96. The lowest BCUT2D eigenvalue weighted by molar-refractivity contribution is -0.385. The van der Waals surface area contributed by atoms with Crippen LogP contribution in [0, 0.1) is 27.3 Å². The summed E-state index contributed by atoms with van der Waals surface area (Å²) in [6.45, 7) is -0.644. The first-order valence-corrected chi connectivity index (χ1v) is 8.16. The van der Waals surface area contributed by atoms with E-state index in [-0.39, 0.29) is 11.3 Å². The number of hydrogen-bond acceptors (Lipinski definition) is 7. The highest BCUT2D eigenvalue weighted by Gasteiger charge is 2.31. The molecule has 9 heteroatoms. The molecular formula is C19H15FN4O4. The Labute approximate surface area is 159 Å². The van der Waals surface area contributed by atoms with Crippen LogP contribution in [0.15, 0.2) is 53.9 Å². The van der Waals surface area contributed by atoms with Crippen molar-refractivity contribution >= 4 is 22.8 Å². The fourth-order valence-electron chi connectivity index (χ4n) is 3.03. The Balaban J connectivity index is 1.89. The monoisotopic (exact) mass is 382 g/mol. The summed E-state index contributed by atoms with van der Waals surface area (Å²) in [6.07, 6.45) is 0. The van der Waals surface area contributed by atoms with E-state index >= 15 is 0 Å². The normalized spacial score (nSPS) is 12.4. The Morgan fingerprint density at radius 3 is 2.36 bits per heavy atom. The van der Waals surface area contributed by atoms with E-state index in [1.165, 1.54) is 0 Å². The van der Waals surface area contributed by atoms with Gasteiger partial charge in [-0.2, -0.15) is 5.26 Å². The number of carbonyl (C=O) groups is 1. The maximum Gasteiger partial charge on any atom is 0.311 e. The molecule has 1 heterocycles. The summed E-state index contributed by atoms with van der Waals surface area (Å²) in [7, 11) is 3.45. The fraction of sp³-hybridized carbons (Fsp3) is 0.158. The Bertz CT molecular complexity index is 1010. The molecule has 0 saturated heterocycles. The summed E-state index contributed by atoms with van der Waals surface area (Å²) in [5.41, 5.74) is 1.01. The van der Waals surface area contributed by atoms with E-state index in [0.29, 0.717) is 5.82 Å². The summed E-state index contributed by atoms with van der Waals surface area (Å²) < 4.78 is 18.6. The molecule has 2 aromatic carbocycles. The number of carbonyl (C=O) groups excluding carboxylic acids is 1. The van der Waals surface area contributed by atoms with Crippen molar-refractivity contribution in [3.05, 3.63) is 69.8 Å². The number of para-hydroxylation sites is 2. The molecule has 0 spiro atoms. The molecule has 28 heavy (non-hydrogen) atoms. The second-order valence-corrected chi connectivity index (χ2v) is 6.00. The van der Waals surface area contributed by atoms with Crippen LogP contribution in [0.25, 0.3) is 0 Å². The lowest BCUT2D eigenvalue weighted by atomic mass is 10.2. The van der Waals surface area contributed by atoms with E-state index in [1.54, 1.807) is 23.9 Å². The van der Waals surface area contributed by atoms with E-state index in [2.05, 4.69) is 0 Å². The summed E-state index contributed by atoms with van der Waals surface area (Å²) in [5, 5.41) is 20.6. The first kappa shape index (κ1) is 18.8. The fourth-order valence-corrected chi connectivity index (χ4v) is 3.03. The SMILES string of the molecule is CN1C(=C(C#N)C(=O)COc2cc(F)ccc2[N+](=O)[O-])N(C)c2ccccc21. The van der Waals surface area contributed by atoms with Crippen molar-refractivity contribution in [2.75, 3.05) is 30.5 Å². The number of hydrogen-bond donors (Lipinski definition) is 0. The van der Waals surface area contributed by atoms with Crippen molar-refractivity contribution in [2.45, 2.75) is 0 Å². The standard InChI is InChI=1S/C19H15FN4O4/c1-22-14-5-3-4-6-15(14)23(2)19(22)13(10-21)17(25)11-28-18-9-12(20)7-8-16(18)24(26)27/h3-9H,11H2,1-2H3. The van der Waals surface area contributed by atoms with E-state index in [1.807, 2.05) is 30.3 Å². The van der Waals surface area contributed by atoms with E-state index < -0.39 is 28.8 Å². The summed E-state index contributed by atoms with van der Waals surface area (Å²) >= 11 is 0. The molecule has 0 aromatic heterocycles. The minimum atomic E-state index is -0.738. The smallest absolute Gasteiger partial charge is 0.311 e. The third-order valence-electron chi connectivity index (χ3n) is 4.33.